The Morgan fingerprint density at radius 3 is 2.64 bits per heavy atom. The third-order valence-corrected chi connectivity index (χ3v) is 6.05. The lowest BCUT2D eigenvalue weighted by Gasteiger charge is -2.34. The molecule has 4 heteroatoms. The maximum Gasteiger partial charge on any atom is 0.139 e. The summed E-state index contributed by atoms with van der Waals surface area (Å²) in [6.07, 6.45) is 2.29. The number of hydrogen-bond donors (Lipinski definition) is 2. The summed E-state index contributed by atoms with van der Waals surface area (Å²) in [6.45, 7) is 7.36. The highest BCUT2D eigenvalue weighted by Gasteiger charge is 2.28. The zero-order chi connectivity index (χ0) is 20.1. The van der Waals surface area contributed by atoms with Gasteiger partial charge in [0, 0.05) is 29.6 Å². The number of ketones is 1. The summed E-state index contributed by atoms with van der Waals surface area (Å²) < 4.78 is 5.58. The van der Waals surface area contributed by atoms with E-state index in [0.717, 1.165) is 36.3 Å². The van der Waals surface area contributed by atoms with Gasteiger partial charge in [0.2, 0.25) is 0 Å². The van der Waals surface area contributed by atoms with Crippen LogP contribution in [0.15, 0.2) is 48.5 Å². The van der Waals surface area contributed by atoms with Crippen molar-refractivity contribution in [3.05, 3.63) is 65.2 Å². The van der Waals surface area contributed by atoms with E-state index in [1.54, 1.807) is 14.0 Å². The Morgan fingerprint density at radius 2 is 1.96 bits per heavy atom. The highest BCUT2D eigenvalue weighted by atomic mass is 16.5. The second-order valence-corrected chi connectivity index (χ2v) is 8.18. The number of benzene rings is 2. The lowest BCUT2D eigenvalue weighted by Crippen LogP contribution is -2.45. The van der Waals surface area contributed by atoms with Crippen molar-refractivity contribution >= 4 is 5.78 Å². The molecule has 2 atom stereocenters. The van der Waals surface area contributed by atoms with Crippen LogP contribution in [0.2, 0.25) is 0 Å². The van der Waals surface area contributed by atoms with Crippen molar-refractivity contribution in [3.8, 4) is 5.75 Å². The van der Waals surface area contributed by atoms with E-state index in [4.69, 9.17) is 4.74 Å². The van der Waals surface area contributed by atoms with E-state index in [2.05, 4.69) is 47.0 Å². The van der Waals surface area contributed by atoms with Crippen molar-refractivity contribution < 1.29 is 9.53 Å². The van der Waals surface area contributed by atoms with Crippen LogP contribution in [-0.2, 0) is 16.8 Å². The Balaban J connectivity index is 1.79. The quantitative estimate of drug-likeness (QED) is 0.758. The SMILES string of the molecule is COc1ccc(C(C)(C)C(C)=O)cc1CN[C@H]1CCCN[C@H]1c1ccccc1. The van der Waals surface area contributed by atoms with Crippen molar-refractivity contribution in [2.24, 2.45) is 0 Å². The Kier molecular flexibility index (Phi) is 6.53. The van der Waals surface area contributed by atoms with Gasteiger partial charge < -0.3 is 15.4 Å². The second kappa shape index (κ2) is 8.89. The molecule has 0 radical (unpaired) electrons. The summed E-state index contributed by atoms with van der Waals surface area (Å²) in [5.74, 6) is 1.02. The topological polar surface area (TPSA) is 50.4 Å². The van der Waals surface area contributed by atoms with Crippen LogP contribution in [0, 0.1) is 0 Å². The van der Waals surface area contributed by atoms with Gasteiger partial charge in [-0.25, -0.2) is 0 Å². The lowest BCUT2D eigenvalue weighted by molar-refractivity contribution is -0.121. The fourth-order valence-corrected chi connectivity index (χ4v) is 3.87. The van der Waals surface area contributed by atoms with Gasteiger partial charge in [-0.1, -0.05) is 36.4 Å². The molecule has 1 aliphatic heterocycles. The van der Waals surface area contributed by atoms with E-state index in [1.165, 1.54) is 5.56 Å². The molecule has 150 valence electrons. The van der Waals surface area contributed by atoms with Gasteiger partial charge in [0.05, 0.1) is 7.11 Å². The lowest BCUT2D eigenvalue weighted by atomic mass is 9.80. The van der Waals surface area contributed by atoms with Crippen LogP contribution in [0.3, 0.4) is 0 Å². The molecule has 0 aliphatic carbocycles. The number of nitrogens with one attached hydrogen (secondary N) is 2. The monoisotopic (exact) mass is 380 g/mol. The smallest absolute Gasteiger partial charge is 0.139 e. The number of carbonyl (C=O) groups is 1. The summed E-state index contributed by atoms with van der Waals surface area (Å²) in [5, 5.41) is 7.40. The highest BCUT2D eigenvalue weighted by Crippen LogP contribution is 2.30. The number of Topliss-reactive ketones (excluding diaryl/α,β-unsaturated/α-hetero) is 1. The molecule has 1 fully saturated rings. The standard InChI is InChI=1S/C24H32N2O2/c1-17(27)24(2,3)20-12-13-22(28-4)19(15-20)16-26-21-11-8-14-25-23(21)18-9-6-5-7-10-18/h5-7,9-10,12-13,15,21,23,25-26H,8,11,14,16H2,1-4H3/t21-,23-/m0/s1. The van der Waals surface area contributed by atoms with Gasteiger partial charge in [0.1, 0.15) is 11.5 Å². The molecule has 4 nitrogen and oxygen atoms in total. The van der Waals surface area contributed by atoms with Crippen LogP contribution in [0.4, 0.5) is 0 Å². The Morgan fingerprint density at radius 1 is 1.21 bits per heavy atom. The molecule has 0 bridgehead atoms. The third kappa shape index (κ3) is 4.45. The Labute approximate surface area is 168 Å². The van der Waals surface area contributed by atoms with Crippen molar-refractivity contribution in [1.29, 1.82) is 0 Å². The summed E-state index contributed by atoms with van der Waals surface area (Å²) in [5.41, 5.74) is 2.93. The van der Waals surface area contributed by atoms with E-state index >= 15 is 0 Å². The molecule has 1 heterocycles. The molecular formula is C24H32N2O2. The number of rotatable bonds is 7. The molecule has 3 rings (SSSR count). The van der Waals surface area contributed by atoms with Gasteiger partial charge in [-0.05, 0) is 63.4 Å². The van der Waals surface area contributed by atoms with E-state index in [-0.39, 0.29) is 5.78 Å². The average Bonchev–Trinajstić information content (AvgIpc) is 2.72. The molecule has 1 aliphatic rings. The first kappa shape index (κ1) is 20.6. The van der Waals surface area contributed by atoms with Crippen molar-refractivity contribution in [2.75, 3.05) is 13.7 Å². The number of methoxy groups -OCH3 is 1. The fourth-order valence-electron chi connectivity index (χ4n) is 3.87. The van der Waals surface area contributed by atoms with Crippen LogP contribution in [0.1, 0.15) is 56.3 Å². The predicted molar refractivity (Wildman–Crippen MR) is 114 cm³/mol. The zero-order valence-electron chi connectivity index (χ0n) is 17.4. The van der Waals surface area contributed by atoms with E-state index < -0.39 is 5.41 Å². The third-order valence-electron chi connectivity index (χ3n) is 6.05. The van der Waals surface area contributed by atoms with Gasteiger partial charge in [0.15, 0.2) is 0 Å². The maximum atomic E-state index is 12.1. The summed E-state index contributed by atoms with van der Waals surface area (Å²) in [6, 6.07) is 17.4. The highest BCUT2D eigenvalue weighted by molar-refractivity contribution is 5.87. The fraction of sp³-hybridized carbons (Fsp3) is 0.458. The minimum atomic E-state index is -0.500. The molecule has 1 saturated heterocycles. The predicted octanol–water partition coefficient (Wildman–Crippen LogP) is 4.14. The molecule has 0 aromatic heterocycles. The summed E-state index contributed by atoms with van der Waals surface area (Å²) >= 11 is 0. The van der Waals surface area contributed by atoms with Crippen LogP contribution in [0.25, 0.3) is 0 Å². The Hall–Kier alpha value is -2.17. The van der Waals surface area contributed by atoms with Crippen molar-refractivity contribution in [2.45, 2.75) is 57.7 Å². The van der Waals surface area contributed by atoms with Crippen LogP contribution in [-0.4, -0.2) is 25.5 Å². The van der Waals surface area contributed by atoms with Gasteiger partial charge in [-0.15, -0.1) is 0 Å². The van der Waals surface area contributed by atoms with Gasteiger partial charge in [0.25, 0.3) is 0 Å². The molecule has 0 amide bonds. The first-order chi connectivity index (χ1) is 13.4. The van der Waals surface area contributed by atoms with Gasteiger partial charge in [-0.2, -0.15) is 0 Å². The number of carbonyl (C=O) groups excluding carboxylic acids is 1. The van der Waals surface area contributed by atoms with Crippen LogP contribution < -0.4 is 15.4 Å². The van der Waals surface area contributed by atoms with Crippen molar-refractivity contribution in [3.63, 3.8) is 0 Å². The molecule has 2 aromatic rings. The molecule has 0 unspecified atom stereocenters. The zero-order valence-corrected chi connectivity index (χ0v) is 17.4. The first-order valence-electron chi connectivity index (χ1n) is 10.1. The molecule has 0 spiro atoms. The number of ether oxygens (including phenoxy) is 1. The number of hydrogen-bond acceptors (Lipinski definition) is 4. The molecule has 2 aromatic carbocycles. The number of piperidine rings is 1. The van der Waals surface area contributed by atoms with E-state index in [0.29, 0.717) is 18.6 Å². The van der Waals surface area contributed by atoms with Gasteiger partial charge >= 0.3 is 0 Å². The normalized spacial score (nSPS) is 20.0. The summed E-state index contributed by atoms with van der Waals surface area (Å²) in [7, 11) is 1.70. The first-order valence-corrected chi connectivity index (χ1v) is 10.1. The second-order valence-electron chi connectivity index (χ2n) is 8.18. The van der Waals surface area contributed by atoms with Crippen LogP contribution in [0.5, 0.6) is 5.75 Å². The molecular weight excluding hydrogens is 348 g/mol. The van der Waals surface area contributed by atoms with Crippen molar-refractivity contribution in [1.82, 2.24) is 10.6 Å². The molecule has 28 heavy (non-hydrogen) atoms. The molecule has 2 N–H and O–H groups in total. The average molecular weight is 381 g/mol. The Bertz CT molecular complexity index is 802. The summed E-state index contributed by atoms with van der Waals surface area (Å²) in [4.78, 5) is 12.1. The maximum absolute atomic E-state index is 12.1. The van der Waals surface area contributed by atoms with Crippen LogP contribution >= 0.6 is 0 Å². The minimum Gasteiger partial charge on any atom is -0.496 e. The molecule has 0 saturated carbocycles. The minimum absolute atomic E-state index is 0.164. The van der Waals surface area contributed by atoms with E-state index in [1.807, 2.05) is 26.0 Å². The van der Waals surface area contributed by atoms with Gasteiger partial charge in [-0.3, -0.25) is 4.79 Å². The largest absolute Gasteiger partial charge is 0.496 e. The van der Waals surface area contributed by atoms with E-state index in [9.17, 15) is 4.79 Å².